The molecule has 0 aliphatic rings. The number of halogens is 1. The standard InChI is InChI=1S/C10H10BrNO3/c1-2-3-4-5-12-9-7(11)6-8(15-9)10(13)14/h1,6,12H,3-5H2,(H,13,14). The number of aromatic carboxylic acids is 1. The Morgan fingerprint density at radius 1 is 1.73 bits per heavy atom. The molecule has 1 aromatic rings. The number of rotatable bonds is 5. The summed E-state index contributed by atoms with van der Waals surface area (Å²) in [5, 5.41) is 11.6. The maximum atomic E-state index is 10.6. The lowest BCUT2D eigenvalue weighted by molar-refractivity contribution is 0.0663. The fraction of sp³-hybridized carbons (Fsp3) is 0.300. The first-order valence-corrected chi connectivity index (χ1v) is 5.14. The van der Waals surface area contributed by atoms with Crippen LogP contribution in [-0.4, -0.2) is 17.6 Å². The van der Waals surface area contributed by atoms with Gasteiger partial charge in [-0.15, -0.1) is 12.3 Å². The first-order valence-electron chi connectivity index (χ1n) is 4.35. The number of hydrogen-bond donors (Lipinski definition) is 2. The topological polar surface area (TPSA) is 62.5 Å². The third kappa shape index (κ3) is 3.33. The van der Waals surface area contributed by atoms with Gasteiger partial charge >= 0.3 is 5.97 Å². The second-order valence-corrected chi connectivity index (χ2v) is 3.68. The number of furan rings is 1. The van der Waals surface area contributed by atoms with Crippen LogP contribution < -0.4 is 5.32 Å². The van der Waals surface area contributed by atoms with Crippen molar-refractivity contribution in [3.05, 3.63) is 16.3 Å². The van der Waals surface area contributed by atoms with E-state index in [1.54, 1.807) is 0 Å². The molecule has 0 amide bonds. The lowest BCUT2D eigenvalue weighted by Gasteiger charge is -2.00. The van der Waals surface area contributed by atoms with Crippen molar-refractivity contribution >= 4 is 27.8 Å². The summed E-state index contributed by atoms with van der Waals surface area (Å²) in [7, 11) is 0. The summed E-state index contributed by atoms with van der Waals surface area (Å²) in [6.45, 7) is 0.648. The van der Waals surface area contributed by atoms with Crippen LogP contribution in [0.2, 0.25) is 0 Å². The van der Waals surface area contributed by atoms with E-state index >= 15 is 0 Å². The largest absolute Gasteiger partial charge is 0.475 e. The summed E-state index contributed by atoms with van der Waals surface area (Å²) in [4.78, 5) is 10.6. The Bertz CT molecular complexity index is 392. The first kappa shape index (κ1) is 11.7. The maximum Gasteiger partial charge on any atom is 0.371 e. The van der Waals surface area contributed by atoms with Gasteiger partial charge in [0.1, 0.15) is 0 Å². The van der Waals surface area contributed by atoms with Crippen LogP contribution in [0.25, 0.3) is 0 Å². The molecular formula is C10H10BrNO3. The van der Waals surface area contributed by atoms with Crippen LogP contribution in [0.5, 0.6) is 0 Å². The molecular weight excluding hydrogens is 262 g/mol. The third-order valence-corrected chi connectivity index (χ3v) is 2.27. The van der Waals surface area contributed by atoms with Crippen LogP contribution in [0.15, 0.2) is 15.0 Å². The molecule has 5 heteroatoms. The summed E-state index contributed by atoms with van der Waals surface area (Å²) in [6, 6.07) is 1.41. The number of anilines is 1. The Kier molecular flexibility index (Phi) is 4.25. The zero-order chi connectivity index (χ0) is 11.3. The highest BCUT2D eigenvalue weighted by Crippen LogP contribution is 2.26. The van der Waals surface area contributed by atoms with E-state index in [4.69, 9.17) is 15.9 Å². The Morgan fingerprint density at radius 2 is 2.47 bits per heavy atom. The normalized spacial score (nSPS) is 9.60. The van der Waals surface area contributed by atoms with Crippen molar-refractivity contribution < 1.29 is 14.3 Å². The summed E-state index contributed by atoms with van der Waals surface area (Å²) < 4.78 is 5.64. The van der Waals surface area contributed by atoms with Crippen molar-refractivity contribution in [2.24, 2.45) is 0 Å². The summed E-state index contributed by atoms with van der Waals surface area (Å²) in [5.41, 5.74) is 0. The number of hydrogen-bond acceptors (Lipinski definition) is 3. The van der Waals surface area contributed by atoms with Crippen LogP contribution in [-0.2, 0) is 0 Å². The molecule has 15 heavy (non-hydrogen) atoms. The van der Waals surface area contributed by atoms with Crippen molar-refractivity contribution in [3.63, 3.8) is 0 Å². The van der Waals surface area contributed by atoms with Crippen LogP contribution in [0.1, 0.15) is 23.4 Å². The van der Waals surface area contributed by atoms with E-state index < -0.39 is 5.97 Å². The number of carbonyl (C=O) groups is 1. The van der Waals surface area contributed by atoms with Gasteiger partial charge in [-0.05, 0) is 22.4 Å². The van der Waals surface area contributed by atoms with Gasteiger partial charge < -0.3 is 14.8 Å². The van der Waals surface area contributed by atoms with E-state index in [2.05, 4.69) is 27.2 Å². The maximum absolute atomic E-state index is 10.6. The van der Waals surface area contributed by atoms with Crippen LogP contribution in [0.4, 0.5) is 5.88 Å². The fourth-order valence-electron chi connectivity index (χ4n) is 0.987. The van der Waals surface area contributed by atoms with E-state index in [0.29, 0.717) is 23.3 Å². The average Bonchev–Trinajstić information content (AvgIpc) is 2.55. The predicted octanol–water partition coefficient (Wildman–Crippen LogP) is 2.57. The van der Waals surface area contributed by atoms with Gasteiger partial charge in [0.25, 0.3) is 0 Å². The van der Waals surface area contributed by atoms with E-state index in [1.165, 1.54) is 6.07 Å². The molecule has 0 fully saturated rings. The van der Waals surface area contributed by atoms with E-state index in [-0.39, 0.29) is 5.76 Å². The molecule has 0 saturated carbocycles. The van der Waals surface area contributed by atoms with Crippen molar-refractivity contribution in [3.8, 4) is 12.3 Å². The second-order valence-electron chi connectivity index (χ2n) is 2.83. The van der Waals surface area contributed by atoms with Crippen molar-refractivity contribution in [1.29, 1.82) is 0 Å². The molecule has 0 aliphatic heterocycles. The third-order valence-electron chi connectivity index (χ3n) is 1.68. The molecule has 1 rings (SSSR count). The van der Waals surface area contributed by atoms with Crippen molar-refractivity contribution in [1.82, 2.24) is 0 Å². The minimum atomic E-state index is -1.09. The fourth-order valence-corrected chi connectivity index (χ4v) is 1.42. The minimum absolute atomic E-state index is 0.0960. The Hall–Kier alpha value is -1.41. The van der Waals surface area contributed by atoms with Gasteiger partial charge in [0.2, 0.25) is 11.6 Å². The van der Waals surface area contributed by atoms with Gasteiger partial charge in [-0.1, -0.05) is 0 Å². The van der Waals surface area contributed by atoms with Crippen molar-refractivity contribution in [2.45, 2.75) is 12.8 Å². The van der Waals surface area contributed by atoms with Gasteiger partial charge in [-0.2, -0.15) is 0 Å². The second kappa shape index (κ2) is 5.47. The Balaban J connectivity index is 2.54. The molecule has 2 N–H and O–H groups in total. The minimum Gasteiger partial charge on any atom is -0.475 e. The molecule has 0 spiro atoms. The molecule has 1 heterocycles. The van der Waals surface area contributed by atoms with Gasteiger partial charge in [0.05, 0.1) is 4.47 Å². The van der Waals surface area contributed by atoms with Crippen LogP contribution in [0.3, 0.4) is 0 Å². The zero-order valence-corrected chi connectivity index (χ0v) is 9.50. The van der Waals surface area contributed by atoms with Gasteiger partial charge in [-0.25, -0.2) is 4.79 Å². The highest BCUT2D eigenvalue weighted by molar-refractivity contribution is 9.10. The molecule has 0 saturated heterocycles. The molecule has 1 aromatic heterocycles. The van der Waals surface area contributed by atoms with Crippen molar-refractivity contribution in [2.75, 3.05) is 11.9 Å². The molecule has 0 atom stereocenters. The van der Waals surface area contributed by atoms with Crippen LogP contribution in [0, 0.1) is 12.3 Å². The molecule has 0 aliphatic carbocycles. The lowest BCUT2D eigenvalue weighted by Crippen LogP contribution is -2.00. The SMILES string of the molecule is C#CCCCNc1oc(C(=O)O)cc1Br. The quantitative estimate of drug-likeness (QED) is 0.638. The summed E-state index contributed by atoms with van der Waals surface area (Å²) in [5.74, 6) is 1.75. The summed E-state index contributed by atoms with van der Waals surface area (Å²) in [6.07, 6.45) is 6.58. The highest BCUT2D eigenvalue weighted by atomic mass is 79.9. The molecule has 0 radical (unpaired) electrons. The zero-order valence-electron chi connectivity index (χ0n) is 7.92. The van der Waals surface area contributed by atoms with E-state index in [1.807, 2.05) is 0 Å². The average molecular weight is 272 g/mol. The number of carboxylic acids is 1. The molecule has 80 valence electrons. The number of unbranched alkanes of at least 4 members (excludes halogenated alkanes) is 1. The molecule has 4 nitrogen and oxygen atoms in total. The highest BCUT2D eigenvalue weighted by Gasteiger charge is 2.13. The molecule has 0 bridgehead atoms. The lowest BCUT2D eigenvalue weighted by atomic mass is 10.3. The molecule has 0 unspecified atom stereocenters. The smallest absolute Gasteiger partial charge is 0.371 e. The number of carboxylic acid groups (broad SMARTS) is 1. The first-order chi connectivity index (χ1) is 7.15. The van der Waals surface area contributed by atoms with Gasteiger partial charge in [0.15, 0.2) is 0 Å². The van der Waals surface area contributed by atoms with E-state index in [9.17, 15) is 4.79 Å². The van der Waals surface area contributed by atoms with Gasteiger partial charge in [0, 0.05) is 19.0 Å². The monoisotopic (exact) mass is 271 g/mol. The van der Waals surface area contributed by atoms with Gasteiger partial charge in [-0.3, -0.25) is 0 Å². The Morgan fingerprint density at radius 3 is 3.00 bits per heavy atom. The summed E-state index contributed by atoms with van der Waals surface area (Å²) >= 11 is 3.19. The molecule has 0 aromatic carbocycles. The predicted molar refractivity (Wildman–Crippen MR) is 59.9 cm³/mol. The number of terminal acetylenes is 1. The van der Waals surface area contributed by atoms with Crippen LogP contribution >= 0.6 is 15.9 Å². The number of nitrogens with one attached hydrogen (secondary N) is 1. The van der Waals surface area contributed by atoms with E-state index in [0.717, 1.165) is 6.42 Å². The Labute approximate surface area is 95.8 Å².